The molecule has 6 heteroatoms. The number of hydrogen-bond donors (Lipinski definition) is 1. The van der Waals surface area contributed by atoms with Crippen molar-refractivity contribution in [3.63, 3.8) is 0 Å². The highest BCUT2D eigenvalue weighted by Crippen LogP contribution is 2.08. The highest BCUT2D eigenvalue weighted by atomic mass is 32.2. The zero-order valence-electron chi connectivity index (χ0n) is 6.96. The van der Waals surface area contributed by atoms with Gasteiger partial charge >= 0.3 is 0 Å². The first-order valence-corrected chi connectivity index (χ1v) is 5.64. The Morgan fingerprint density at radius 3 is 2.75 bits per heavy atom. The molecule has 12 heavy (non-hydrogen) atoms. The summed E-state index contributed by atoms with van der Waals surface area (Å²) >= 11 is 0. The molecule has 0 saturated carbocycles. The van der Waals surface area contributed by atoms with Crippen molar-refractivity contribution in [3.05, 3.63) is 0 Å². The molecule has 1 atom stereocenters. The molecule has 0 aromatic heterocycles. The molecule has 1 aliphatic heterocycles. The predicted molar refractivity (Wildman–Crippen MR) is 44.2 cm³/mol. The minimum absolute atomic E-state index is 0.368. The van der Waals surface area contributed by atoms with Crippen LogP contribution in [-0.2, 0) is 10.0 Å². The maximum absolute atomic E-state index is 12.3. The lowest BCUT2D eigenvalue weighted by Crippen LogP contribution is -2.54. The predicted octanol–water partition coefficient (Wildman–Crippen LogP) is -0.811. The van der Waals surface area contributed by atoms with Gasteiger partial charge in [-0.3, -0.25) is 0 Å². The summed E-state index contributed by atoms with van der Waals surface area (Å²) in [5.74, 6) is 0. The number of halogens is 1. The first kappa shape index (κ1) is 9.88. The van der Waals surface area contributed by atoms with Gasteiger partial charge in [0.2, 0.25) is 10.0 Å². The van der Waals surface area contributed by atoms with Gasteiger partial charge in [-0.25, -0.2) is 12.8 Å². The van der Waals surface area contributed by atoms with E-state index in [0.717, 1.165) is 6.26 Å². The van der Waals surface area contributed by atoms with Crippen LogP contribution in [0.3, 0.4) is 0 Å². The van der Waals surface area contributed by atoms with Gasteiger partial charge < -0.3 is 5.32 Å². The smallest absolute Gasteiger partial charge is 0.211 e. The molecule has 1 heterocycles. The summed E-state index contributed by atoms with van der Waals surface area (Å²) in [6.45, 7) is 0.751. The summed E-state index contributed by atoms with van der Waals surface area (Å²) in [5, 5.41) is 2.94. The van der Waals surface area contributed by atoms with Crippen molar-refractivity contribution in [3.8, 4) is 0 Å². The summed E-state index contributed by atoms with van der Waals surface area (Å²) in [6.07, 6.45) is 1.11. The van der Waals surface area contributed by atoms with Crippen molar-refractivity contribution in [2.75, 3.05) is 32.6 Å². The SMILES string of the molecule is CS(=O)(=O)N1CCNCC1CF. The molecule has 1 N–H and O–H groups in total. The third-order valence-corrected chi connectivity index (χ3v) is 3.23. The lowest BCUT2D eigenvalue weighted by atomic mass is 10.3. The summed E-state index contributed by atoms with van der Waals surface area (Å²) < 4.78 is 35.7. The van der Waals surface area contributed by atoms with Crippen molar-refractivity contribution in [1.29, 1.82) is 0 Å². The second-order valence-corrected chi connectivity index (χ2v) is 4.82. The Bertz CT molecular complexity index is 242. The van der Waals surface area contributed by atoms with E-state index in [1.54, 1.807) is 0 Å². The first-order valence-electron chi connectivity index (χ1n) is 3.79. The van der Waals surface area contributed by atoms with Gasteiger partial charge in [-0.2, -0.15) is 4.31 Å². The zero-order valence-corrected chi connectivity index (χ0v) is 7.77. The molecule has 0 amide bonds. The van der Waals surface area contributed by atoms with E-state index < -0.39 is 22.7 Å². The Hall–Kier alpha value is -0.200. The minimum atomic E-state index is -3.23. The van der Waals surface area contributed by atoms with Crippen molar-refractivity contribution < 1.29 is 12.8 Å². The molecule has 1 unspecified atom stereocenters. The van der Waals surface area contributed by atoms with Crippen LogP contribution in [0, 0.1) is 0 Å². The van der Waals surface area contributed by atoms with Gasteiger partial charge in [0.05, 0.1) is 12.3 Å². The average Bonchev–Trinajstić information content (AvgIpc) is 2.03. The number of sulfonamides is 1. The Balaban J connectivity index is 2.72. The lowest BCUT2D eigenvalue weighted by Gasteiger charge is -2.32. The first-order chi connectivity index (χ1) is 5.55. The van der Waals surface area contributed by atoms with Gasteiger partial charge in [0, 0.05) is 19.6 Å². The molecule has 4 nitrogen and oxygen atoms in total. The summed E-state index contributed by atoms with van der Waals surface area (Å²) in [5.41, 5.74) is 0. The van der Waals surface area contributed by atoms with E-state index in [4.69, 9.17) is 0 Å². The maximum atomic E-state index is 12.3. The lowest BCUT2D eigenvalue weighted by molar-refractivity contribution is 0.226. The normalized spacial score (nSPS) is 27.3. The van der Waals surface area contributed by atoms with E-state index in [2.05, 4.69) is 5.32 Å². The molecule has 0 radical (unpaired) electrons. The van der Waals surface area contributed by atoms with Crippen molar-refractivity contribution in [2.24, 2.45) is 0 Å². The van der Waals surface area contributed by atoms with Crippen LogP contribution in [0.4, 0.5) is 4.39 Å². The molecule has 1 fully saturated rings. The highest BCUT2D eigenvalue weighted by Gasteiger charge is 2.28. The van der Waals surface area contributed by atoms with Crippen LogP contribution in [0.5, 0.6) is 0 Å². The zero-order chi connectivity index (χ0) is 9.19. The van der Waals surface area contributed by atoms with E-state index in [-0.39, 0.29) is 0 Å². The molecule has 1 aliphatic rings. The van der Waals surface area contributed by atoms with Gasteiger partial charge in [0.15, 0.2) is 0 Å². The van der Waals surface area contributed by atoms with Crippen molar-refractivity contribution in [2.45, 2.75) is 6.04 Å². The number of hydrogen-bond acceptors (Lipinski definition) is 3. The third-order valence-electron chi connectivity index (χ3n) is 1.90. The Morgan fingerprint density at radius 2 is 2.33 bits per heavy atom. The van der Waals surface area contributed by atoms with Crippen molar-refractivity contribution in [1.82, 2.24) is 9.62 Å². The monoisotopic (exact) mass is 196 g/mol. The molecular weight excluding hydrogens is 183 g/mol. The molecular formula is C6H13FN2O2S. The van der Waals surface area contributed by atoms with Crippen LogP contribution in [0.15, 0.2) is 0 Å². The molecule has 0 aromatic rings. The van der Waals surface area contributed by atoms with Crippen LogP contribution in [0.1, 0.15) is 0 Å². The fraction of sp³-hybridized carbons (Fsp3) is 1.00. The fourth-order valence-electron chi connectivity index (χ4n) is 1.31. The number of nitrogens with zero attached hydrogens (tertiary/aromatic N) is 1. The number of rotatable bonds is 2. The fourth-order valence-corrected chi connectivity index (χ4v) is 2.41. The molecule has 1 rings (SSSR count). The number of alkyl halides is 1. The maximum Gasteiger partial charge on any atom is 0.211 e. The van der Waals surface area contributed by atoms with Crippen LogP contribution in [0.2, 0.25) is 0 Å². The van der Waals surface area contributed by atoms with E-state index in [1.807, 2.05) is 0 Å². The topological polar surface area (TPSA) is 49.4 Å². The molecule has 0 aromatic carbocycles. The molecule has 0 aliphatic carbocycles. The van der Waals surface area contributed by atoms with Crippen LogP contribution >= 0.6 is 0 Å². The van der Waals surface area contributed by atoms with E-state index >= 15 is 0 Å². The highest BCUT2D eigenvalue weighted by molar-refractivity contribution is 7.88. The Morgan fingerprint density at radius 1 is 1.67 bits per heavy atom. The van der Waals surface area contributed by atoms with E-state index in [9.17, 15) is 12.8 Å². The van der Waals surface area contributed by atoms with Gasteiger partial charge in [-0.15, -0.1) is 0 Å². The standard InChI is InChI=1S/C6H13FN2O2S/c1-12(10,11)9-3-2-8-5-6(9)4-7/h6,8H,2-5H2,1H3. The van der Waals surface area contributed by atoms with Gasteiger partial charge in [0.1, 0.15) is 6.67 Å². The quantitative estimate of drug-likeness (QED) is 0.628. The van der Waals surface area contributed by atoms with Crippen LogP contribution in [-0.4, -0.2) is 51.3 Å². The summed E-state index contributed by atoms with van der Waals surface area (Å²) in [4.78, 5) is 0. The van der Waals surface area contributed by atoms with Gasteiger partial charge in [0.25, 0.3) is 0 Å². The third kappa shape index (κ3) is 2.15. The van der Waals surface area contributed by atoms with Crippen molar-refractivity contribution >= 4 is 10.0 Å². The van der Waals surface area contributed by atoms with Crippen LogP contribution < -0.4 is 5.32 Å². The van der Waals surface area contributed by atoms with Crippen LogP contribution in [0.25, 0.3) is 0 Å². The van der Waals surface area contributed by atoms with E-state index in [1.165, 1.54) is 4.31 Å². The summed E-state index contributed by atoms with van der Waals surface area (Å²) in [6, 6.07) is -0.520. The number of piperazine rings is 1. The van der Waals surface area contributed by atoms with Gasteiger partial charge in [-0.1, -0.05) is 0 Å². The average molecular weight is 196 g/mol. The second-order valence-electron chi connectivity index (χ2n) is 2.89. The molecule has 0 spiro atoms. The van der Waals surface area contributed by atoms with E-state index in [0.29, 0.717) is 19.6 Å². The molecule has 72 valence electrons. The minimum Gasteiger partial charge on any atom is -0.314 e. The Labute approximate surface area is 71.8 Å². The largest absolute Gasteiger partial charge is 0.314 e. The molecule has 1 saturated heterocycles. The number of nitrogens with one attached hydrogen (secondary N) is 1. The van der Waals surface area contributed by atoms with Gasteiger partial charge in [-0.05, 0) is 0 Å². The Kier molecular flexibility index (Phi) is 3.03. The summed E-state index contributed by atoms with van der Waals surface area (Å²) in [7, 11) is -3.23. The molecule has 0 bridgehead atoms. The second kappa shape index (κ2) is 3.68.